The summed E-state index contributed by atoms with van der Waals surface area (Å²) >= 11 is 5.74. The van der Waals surface area contributed by atoms with Crippen LogP contribution in [0.4, 0.5) is 13.2 Å². The van der Waals surface area contributed by atoms with Gasteiger partial charge in [0.1, 0.15) is 0 Å². The summed E-state index contributed by atoms with van der Waals surface area (Å²) in [5.74, 6) is 0.267. The van der Waals surface area contributed by atoms with Crippen LogP contribution in [0.3, 0.4) is 0 Å². The number of halogens is 4. The Labute approximate surface area is 87.0 Å². The van der Waals surface area contributed by atoms with E-state index in [2.05, 4.69) is 5.32 Å². The molecule has 0 aromatic carbocycles. The van der Waals surface area contributed by atoms with Gasteiger partial charge in [0.15, 0.2) is 0 Å². The van der Waals surface area contributed by atoms with E-state index in [4.69, 9.17) is 11.6 Å². The zero-order chi connectivity index (χ0) is 10.7. The maximum Gasteiger partial charge on any atom is 0.401 e. The summed E-state index contributed by atoms with van der Waals surface area (Å²) in [7, 11) is 0. The van der Waals surface area contributed by atoms with Gasteiger partial charge >= 0.3 is 6.18 Å². The molecule has 0 aliphatic heterocycles. The van der Waals surface area contributed by atoms with Crippen LogP contribution in [0.15, 0.2) is 0 Å². The Kier molecular flexibility index (Phi) is 4.07. The molecule has 1 nitrogen and oxygen atoms in total. The molecule has 0 saturated heterocycles. The molecule has 0 heterocycles. The van der Waals surface area contributed by atoms with Crippen molar-refractivity contribution in [2.75, 3.05) is 12.4 Å². The molecule has 0 radical (unpaired) electrons. The van der Waals surface area contributed by atoms with Gasteiger partial charge in [0.25, 0.3) is 0 Å². The van der Waals surface area contributed by atoms with Crippen molar-refractivity contribution in [2.24, 2.45) is 0 Å². The van der Waals surface area contributed by atoms with Crippen LogP contribution in [-0.4, -0.2) is 24.1 Å². The van der Waals surface area contributed by atoms with Crippen LogP contribution in [0.25, 0.3) is 0 Å². The van der Waals surface area contributed by atoms with Crippen molar-refractivity contribution in [1.82, 2.24) is 5.32 Å². The Morgan fingerprint density at radius 1 is 1.14 bits per heavy atom. The van der Waals surface area contributed by atoms with Gasteiger partial charge in [-0.15, -0.1) is 11.6 Å². The quantitative estimate of drug-likeness (QED) is 0.734. The fourth-order valence-electron chi connectivity index (χ4n) is 1.87. The third kappa shape index (κ3) is 3.65. The van der Waals surface area contributed by atoms with Crippen molar-refractivity contribution in [1.29, 1.82) is 0 Å². The van der Waals surface area contributed by atoms with E-state index in [-0.39, 0.29) is 5.88 Å². The number of hydrogen-bond donors (Lipinski definition) is 1. The molecule has 0 bridgehead atoms. The normalized spacial score (nSPS) is 22.3. The highest BCUT2D eigenvalue weighted by Gasteiger charge is 2.35. The maximum absolute atomic E-state index is 12.0. The molecule has 0 atom stereocenters. The van der Waals surface area contributed by atoms with E-state index >= 15 is 0 Å². The molecule has 1 N–H and O–H groups in total. The maximum atomic E-state index is 12.0. The van der Waals surface area contributed by atoms with Crippen LogP contribution in [0, 0.1) is 0 Å². The van der Waals surface area contributed by atoms with E-state index < -0.39 is 18.3 Å². The summed E-state index contributed by atoms with van der Waals surface area (Å²) < 4.78 is 36.0. The number of nitrogens with one attached hydrogen (secondary N) is 1. The Morgan fingerprint density at radius 2 is 1.71 bits per heavy atom. The van der Waals surface area contributed by atoms with Gasteiger partial charge in [-0.3, -0.25) is 0 Å². The summed E-state index contributed by atoms with van der Waals surface area (Å²) in [6, 6.07) is 0. The topological polar surface area (TPSA) is 12.0 Å². The van der Waals surface area contributed by atoms with E-state index in [9.17, 15) is 13.2 Å². The minimum atomic E-state index is -4.14. The van der Waals surface area contributed by atoms with Gasteiger partial charge in [-0.1, -0.05) is 19.3 Å². The summed E-state index contributed by atoms with van der Waals surface area (Å²) in [5.41, 5.74) is -0.477. The van der Waals surface area contributed by atoms with E-state index in [1.54, 1.807) is 0 Å². The van der Waals surface area contributed by atoms with Crippen molar-refractivity contribution >= 4 is 11.6 Å². The van der Waals surface area contributed by atoms with Crippen LogP contribution in [0.2, 0.25) is 0 Å². The Morgan fingerprint density at radius 3 is 2.14 bits per heavy atom. The molecule has 0 amide bonds. The molecule has 14 heavy (non-hydrogen) atoms. The highest BCUT2D eigenvalue weighted by Crippen LogP contribution is 2.30. The fraction of sp³-hybridized carbons (Fsp3) is 1.00. The average molecular weight is 230 g/mol. The summed E-state index contributed by atoms with van der Waals surface area (Å²) in [4.78, 5) is 0. The van der Waals surface area contributed by atoms with Gasteiger partial charge in [-0.25, -0.2) is 0 Å². The van der Waals surface area contributed by atoms with Gasteiger partial charge in [-0.05, 0) is 12.8 Å². The Bertz CT molecular complexity index is 175. The van der Waals surface area contributed by atoms with Crippen LogP contribution < -0.4 is 5.32 Å². The number of hydrogen-bond acceptors (Lipinski definition) is 1. The van der Waals surface area contributed by atoms with E-state index in [1.165, 1.54) is 0 Å². The van der Waals surface area contributed by atoms with Crippen molar-refractivity contribution in [3.05, 3.63) is 0 Å². The van der Waals surface area contributed by atoms with Crippen LogP contribution in [0.5, 0.6) is 0 Å². The lowest BCUT2D eigenvalue weighted by Gasteiger charge is -2.36. The third-order valence-electron chi connectivity index (χ3n) is 2.73. The molecule has 84 valence electrons. The van der Waals surface area contributed by atoms with Gasteiger partial charge in [0.2, 0.25) is 0 Å². The monoisotopic (exact) mass is 229 g/mol. The van der Waals surface area contributed by atoms with Crippen molar-refractivity contribution in [2.45, 2.75) is 43.8 Å². The Balaban J connectivity index is 2.44. The highest BCUT2D eigenvalue weighted by atomic mass is 35.5. The molecule has 1 rings (SSSR count). The van der Waals surface area contributed by atoms with Crippen LogP contribution in [0.1, 0.15) is 32.1 Å². The van der Waals surface area contributed by atoms with E-state index in [0.29, 0.717) is 0 Å². The first kappa shape index (κ1) is 12.1. The van der Waals surface area contributed by atoms with Gasteiger partial charge in [0, 0.05) is 11.4 Å². The second-order valence-corrected chi connectivity index (χ2v) is 4.21. The molecule has 1 aliphatic rings. The minimum absolute atomic E-state index is 0.267. The third-order valence-corrected chi connectivity index (χ3v) is 3.24. The fourth-order valence-corrected chi connectivity index (χ4v) is 2.24. The molecule has 5 heteroatoms. The average Bonchev–Trinajstić information content (AvgIpc) is 2.15. The Hall–Kier alpha value is 0.0400. The van der Waals surface area contributed by atoms with Crippen molar-refractivity contribution in [3.63, 3.8) is 0 Å². The standard InChI is InChI=1S/C9H15ClF3N/c10-6-8(4-2-1-3-5-8)14-7-9(11,12)13/h14H,1-7H2. The molecular formula is C9H15ClF3N. The molecule has 1 aliphatic carbocycles. The molecule has 0 aromatic rings. The highest BCUT2D eigenvalue weighted by molar-refractivity contribution is 6.18. The number of alkyl halides is 4. The van der Waals surface area contributed by atoms with Gasteiger partial charge in [-0.2, -0.15) is 13.2 Å². The SMILES string of the molecule is FC(F)(F)CNC1(CCl)CCCCC1. The second-order valence-electron chi connectivity index (χ2n) is 3.94. The van der Waals surface area contributed by atoms with Crippen molar-refractivity contribution < 1.29 is 13.2 Å². The minimum Gasteiger partial charge on any atom is -0.302 e. The molecule has 0 aromatic heterocycles. The van der Waals surface area contributed by atoms with E-state index in [1.807, 2.05) is 0 Å². The van der Waals surface area contributed by atoms with Crippen molar-refractivity contribution in [3.8, 4) is 0 Å². The zero-order valence-electron chi connectivity index (χ0n) is 7.96. The lowest BCUT2D eigenvalue weighted by atomic mass is 9.83. The van der Waals surface area contributed by atoms with Crippen LogP contribution in [-0.2, 0) is 0 Å². The lowest BCUT2D eigenvalue weighted by molar-refractivity contribution is -0.129. The first-order valence-electron chi connectivity index (χ1n) is 4.85. The molecule has 1 fully saturated rings. The first-order valence-corrected chi connectivity index (χ1v) is 5.39. The molecule has 1 saturated carbocycles. The zero-order valence-corrected chi connectivity index (χ0v) is 8.72. The smallest absolute Gasteiger partial charge is 0.302 e. The lowest BCUT2D eigenvalue weighted by Crippen LogP contribution is -2.51. The van der Waals surface area contributed by atoms with Gasteiger partial charge in [0.05, 0.1) is 6.54 Å². The molecule has 0 unspecified atom stereocenters. The summed E-state index contributed by atoms with van der Waals surface area (Å²) in [5, 5.41) is 2.57. The largest absolute Gasteiger partial charge is 0.401 e. The van der Waals surface area contributed by atoms with E-state index in [0.717, 1.165) is 32.1 Å². The second kappa shape index (κ2) is 4.71. The summed E-state index contributed by atoms with van der Waals surface area (Å²) in [6.07, 6.45) is 0.414. The van der Waals surface area contributed by atoms with Gasteiger partial charge < -0.3 is 5.32 Å². The number of rotatable bonds is 3. The first-order chi connectivity index (χ1) is 6.47. The summed E-state index contributed by atoms with van der Waals surface area (Å²) in [6.45, 7) is -0.931. The van der Waals surface area contributed by atoms with Crippen LogP contribution >= 0.6 is 11.6 Å². The molecule has 0 spiro atoms. The predicted molar refractivity (Wildman–Crippen MR) is 50.6 cm³/mol. The predicted octanol–water partition coefficient (Wildman–Crippen LogP) is 3.08. The molecular weight excluding hydrogens is 215 g/mol.